The molecule has 0 saturated carbocycles. The predicted molar refractivity (Wildman–Crippen MR) is 78.2 cm³/mol. The second-order valence-corrected chi connectivity index (χ2v) is 7.45. The maximum Gasteiger partial charge on any atom is 0.243 e. The summed E-state index contributed by atoms with van der Waals surface area (Å²) in [6.45, 7) is 4.78. The molecule has 0 atom stereocenters. The van der Waals surface area contributed by atoms with Crippen LogP contribution in [-0.2, 0) is 10.0 Å². The number of nitrogens with zero attached hydrogens (tertiary/aromatic N) is 1. The number of carbonyl (C=O) groups is 1. The van der Waals surface area contributed by atoms with Crippen LogP contribution in [0.25, 0.3) is 0 Å². The number of hydrogen-bond donors (Lipinski definition) is 0. The quantitative estimate of drug-likeness (QED) is 0.803. The molecule has 0 radical (unpaired) electrons. The SMILES string of the molecule is CC(C)C(=O)c1cccc(S(=O)(=O)N2CCCCC2)c1. The van der Waals surface area contributed by atoms with Gasteiger partial charge in [0.2, 0.25) is 10.0 Å². The summed E-state index contributed by atoms with van der Waals surface area (Å²) in [5.74, 6) is -0.163. The standard InChI is InChI=1S/C15H21NO3S/c1-12(2)15(17)13-7-6-8-14(11-13)20(18,19)16-9-4-3-5-10-16/h6-8,11-12H,3-5,9-10H2,1-2H3. The van der Waals surface area contributed by atoms with E-state index in [0.29, 0.717) is 18.7 Å². The minimum atomic E-state index is -3.46. The van der Waals surface area contributed by atoms with E-state index in [9.17, 15) is 13.2 Å². The average molecular weight is 295 g/mol. The molecule has 1 aliphatic rings. The van der Waals surface area contributed by atoms with Gasteiger partial charge in [-0.3, -0.25) is 4.79 Å². The first-order chi connectivity index (χ1) is 9.43. The van der Waals surface area contributed by atoms with Gasteiger partial charge in [0.25, 0.3) is 0 Å². The van der Waals surface area contributed by atoms with E-state index in [2.05, 4.69) is 0 Å². The van der Waals surface area contributed by atoms with Crippen LogP contribution in [0.1, 0.15) is 43.5 Å². The first kappa shape index (κ1) is 15.2. The summed E-state index contributed by atoms with van der Waals surface area (Å²) in [7, 11) is -3.46. The summed E-state index contributed by atoms with van der Waals surface area (Å²) in [6.07, 6.45) is 2.89. The van der Waals surface area contributed by atoms with Crippen molar-refractivity contribution in [2.24, 2.45) is 5.92 Å². The molecular weight excluding hydrogens is 274 g/mol. The highest BCUT2D eigenvalue weighted by atomic mass is 32.2. The van der Waals surface area contributed by atoms with Crippen molar-refractivity contribution in [3.05, 3.63) is 29.8 Å². The highest BCUT2D eigenvalue weighted by molar-refractivity contribution is 7.89. The summed E-state index contributed by atoms with van der Waals surface area (Å²) in [5, 5.41) is 0. The third-order valence-electron chi connectivity index (χ3n) is 3.60. The second-order valence-electron chi connectivity index (χ2n) is 5.51. The number of Topliss-reactive ketones (excluding diaryl/α,β-unsaturated/α-hetero) is 1. The first-order valence-electron chi connectivity index (χ1n) is 7.07. The molecule has 5 heteroatoms. The lowest BCUT2D eigenvalue weighted by Gasteiger charge is -2.26. The summed E-state index contributed by atoms with van der Waals surface area (Å²) < 4.78 is 26.6. The Morgan fingerprint density at radius 2 is 1.80 bits per heavy atom. The normalized spacial score (nSPS) is 17.4. The number of hydrogen-bond acceptors (Lipinski definition) is 3. The molecule has 0 unspecified atom stereocenters. The highest BCUT2D eigenvalue weighted by Crippen LogP contribution is 2.22. The van der Waals surface area contributed by atoms with Crippen LogP contribution in [0.5, 0.6) is 0 Å². The molecule has 4 nitrogen and oxygen atoms in total. The molecule has 0 aliphatic carbocycles. The maximum absolute atomic E-state index is 12.5. The number of rotatable bonds is 4. The third-order valence-corrected chi connectivity index (χ3v) is 5.49. The van der Waals surface area contributed by atoms with Crippen LogP contribution in [0.2, 0.25) is 0 Å². The molecule has 0 amide bonds. The summed E-state index contributed by atoms with van der Waals surface area (Å²) in [6, 6.07) is 6.40. The maximum atomic E-state index is 12.5. The van der Waals surface area contributed by atoms with Crippen molar-refractivity contribution in [2.45, 2.75) is 38.0 Å². The van der Waals surface area contributed by atoms with Gasteiger partial charge in [-0.05, 0) is 25.0 Å². The lowest BCUT2D eigenvalue weighted by Crippen LogP contribution is -2.35. The molecule has 1 aliphatic heterocycles. The smallest absolute Gasteiger partial charge is 0.243 e. The summed E-state index contributed by atoms with van der Waals surface area (Å²) >= 11 is 0. The molecule has 2 rings (SSSR count). The zero-order valence-electron chi connectivity index (χ0n) is 12.0. The van der Waals surface area contributed by atoms with Gasteiger partial charge in [-0.1, -0.05) is 32.4 Å². The summed E-state index contributed by atoms with van der Waals surface area (Å²) in [5.41, 5.74) is 0.470. The van der Waals surface area contributed by atoms with E-state index in [-0.39, 0.29) is 16.6 Å². The number of ketones is 1. The fraction of sp³-hybridized carbons (Fsp3) is 0.533. The molecule has 0 N–H and O–H groups in total. The second kappa shape index (κ2) is 6.06. The Kier molecular flexibility index (Phi) is 4.60. The van der Waals surface area contributed by atoms with Crippen LogP contribution >= 0.6 is 0 Å². The molecule has 1 heterocycles. The molecule has 1 aromatic carbocycles. The van der Waals surface area contributed by atoms with Crippen LogP contribution in [-0.4, -0.2) is 31.6 Å². The zero-order valence-corrected chi connectivity index (χ0v) is 12.8. The van der Waals surface area contributed by atoms with E-state index in [4.69, 9.17) is 0 Å². The van der Waals surface area contributed by atoms with Gasteiger partial charge in [0.1, 0.15) is 0 Å². The van der Waals surface area contributed by atoms with Crippen molar-refractivity contribution in [3.8, 4) is 0 Å². The van der Waals surface area contributed by atoms with Crippen molar-refractivity contribution in [2.75, 3.05) is 13.1 Å². The Labute approximate surface area is 120 Å². The van der Waals surface area contributed by atoms with Crippen LogP contribution in [0.15, 0.2) is 29.2 Å². The molecule has 1 aromatic rings. The van der Waals surface area contributed by atoms with Crippen molar-refractivity contribution in [1.82, 2.24) is 4.31 Å². The first-order valence-corrected chi connectivity index (χ1v) is 8.51. The zero-order chi connectivity index (χ0) is 14.8. The van der Waals surface area contributed by atoms with E-state index >= 15 is 0 Å². The number of sulfonamides is 1. The molecule has 1 saturated heterocycles. The lowest BCUT2D eigenvalue weighted by molar-refractivity contribution is 0.0939. The van der Waals surface area contributed by atoms with E-state index in [1.807, 2.05) is 13.8 Å². The molecular formula is C15H21NO3S. The Balaban J connectivity index is 2.32. The fourth-order valence-electron chi connectivity index (χ4n) is 2.40. The minimum absolute atomic E-state index is 0.0271. The lowest BCUT2D eigenvalue weighted by atomic mass is 10.0. The fourth-order valence-corrected chi connectivity index (χ4v) is 3.96. The summed E-state index contributed by atoms with van der Waals surface area (Å²) in [4.78, 5) is 12.2. The van der Waals surface area contributed by atoms with Gasteiger partial charge in [0.05, 0.1) is 4.90 Å². The van der Waals surface area contributed by atoms with Gasteiger partial charge in [-0.2, -0.15) is 4.31 Å². The molecule has 0 spiro atoms. The molecule has 0 bridgehead atoms. The largest absolute Gasteiger partial charge is 0.294 e. The monoisotopic (exact) mass is 295 g/mol. The Hall–Kier alpha value is -1.20. The molecule has 0 aromatic heterocycles. The van der Waals surface area contributed by atoms with Crippen molar-refractivity contribution in [3.63, 3.8) is 0 Å². The van der Waals surface area contributed by atoms with E-state index in [1.165, 1.54) is 10.4 Å². The van der Waals surface area contributed by atoms with Crippen LogP contribution < -0.4 is 0 Å². The van der Waals surface area contributed by atoms with Gasteiger partial charge in [-0.15, -0.1) is 0 Å². The number of benzene rings is 1. The number of carbonyl (C=O) groups excluding carboxylic acids is 1. The highest BCUT2D eigenvalue weighted by Gasteiger charge is 2.26. The van der Waals surface area contributed by atoms with Crippen molar-refractivity contribution in [1.29, 1.82) is 0 Å². The topological polar surface area (TPSA) is 54.5 Å². The number of piperidine rings is 1. The van der Waals surface area contributed by atoms with Crippen LogP contribution in [0.4, 0.5) is 0 Å². The van der Waals surface area contributed by atoms with Gasteiger partial charge < -0.3 is 0 Å². The predicted octanol–water partition coefficient (Wildman–Crippen LogP) is 2.70. The van der Waals surface area contributed by atoms with Crippen molar-refractivity contribution < 1.29 is 13.2 Å². The van der Waals surface area contributed by atoms with E-state index in [1.54, 1.807) is 18.2 Å². The van der Waals surface area contributed by atoms with Gasteiger partial charge in [0, 0.05) is 24.6 Å². The van der Waals surface area contributed by atoms with Gasteiger partial charge >= 0.3 is 0 Å². The van der Waals surface area contributed by atoms with Gasteiger partial charge in [0.15, 0.2) is 5.78 Å². The van der Waals surface area contributed by atoms with E-state index < -0.39 is 10.0 Å². The van der Waals surface area contributed by atoms with Crippen LogP contribution in [0, 0.1) is 5.92 Å². The Morgan fingerprint density at radius 3 is 2.40 bits per heavy atom. The molecule has 110 valence electrons. The Morgan fingerprint density at radius 1 is 1.15 bits per heavy atom. The van der Waals surface area contributed by atoms with Crippen molar-refractivity contribution >= 4 is 15.8 Å². The molecule has 1 fully saturated rings. The van der Waals surface area contributed by atoms with E-state index in [0.717, 1.165) is 19.3 Å². The Bertz CT molecular complexity index is 587. The van der Waals surface area contributed by atoms with Gasteiger partial charge in [-0.25, -0.2) is 8.42 Å². The average Bonchev–Trinajstić information content (AvgIpc) is 2.47. The minimum Gasteiger partial charge on any atom is -0.294 e. The van der Waals surface area contributed by atoms with Crippen LogP contribution in [0.3, 0.4) is 0 Å². The third kappa shape index (κ3) is 3.10. The molecule has 20 heavy (non-hydrogen) atoms.